The van der Waals surface area contributed by atoms with Gasteiger partial charge in [-0.05, 0) is 43.7 Å². The van der Waals surface area contributed by atoms with Gasteiger partial charge in [0.25, 0.3) is 0 Å². The van der Waals surface area contributed by atoms with E-state index >= 15 is 0 Å². The molecule has 4 heteroatoms. The molecule has 0 amide bonds. The molecule has 2 rings (SSSR count). The molecule has 2 nitrogen and oxygen atoms in total. The summed E-state index contributed by atoms with van der Waals surface area (Å²) in [6, 6.07) is 11.5. The van der Waals surface area contributed by atoms with Crippen molar-refractivity contribution in [3.05, 3.63) is 62.6 Å². The van der Waals surface area contributed by atoms with Gasteiger partial charge >= 0.3 is 0 Å². The fourth-order valence-corrected chi connectivity index (χ4v) is 2.57. The van der Waals surface area contributed by atoms with Gasteiger partial charge in [-0.1, -0.05) is 39.7 Å². The fraction of sp³-hybridized carbons (Fsp3) is 0.250. The molecule has 1 atom stereocenters. The Morgan fingerprint density at radius 1 is 1.25 bits per heavy atom. The number of hydrogen-bond donors (Lipinski definition) is 1. The van der Waals surface area contributed by atoms with Crippen molar-refractivity contribution >= 4 is 27.5 Å². The maximum absolute atomic E-state index is 9.79. The summed E-state index contributed by atoms with van der Waals surface area (Å²) in [7, 11) is 0. The summed E-state index contributed by atoms with van der Waals surface area (Å²) in [6.45, 7) is 4.09. The lowest BCUT2D eigenvalue weighted by Crippen LogP contribution is -2.01. The maximum Gasteiger partial charge on any atom is 0.125 e. The minimum Gasteiger partial charge on any atom is -0.488 e. The normalized spacial score (nSPS) is 12.2. The summed E-state index contributed by atoms with van der Waals surface area (Å²) in [5.74, 6) is 0.667. The highest BCUT2D eigenvalue weighted by Gasteiger charge is 2.11. The Bertz CT molecular complexity index is 611. The van der Waals surface area contributed by atoms with Gasteiger partial charge in [0.15, 0.2) is 0 Å². The van der Waals surface area contributed by atoms with Crippen LogP contribution in [0, 0.1) is 6.92 Å². The van der Waals surface area contributed by atoms with Gasteiger partial charge in [-0.3, -0.25) is 0 Å². The molecule has 0 radical (unpaired) electrons. The third-order valence-corrected chi connectivity index (χ3v) is 3.86. The number of halogens is 2. The Labute approximate surface area is 132 Å². The molecule has 1 N–H and O–H groups in total. The highest BCUT2D eigenvalue weighted by Crippen LogP contribution is 2.29. The summed E-state index contributed by atoms with van der Waals surface area (Å²) in [6.07, 6.45) is -0.587. The number of aryl methyl sites for hydroxylation is 1. The lowest BCUT2D eigenvalue weighted by atomic mass is 10.1. The molecule has 0 saturated carbocycles. The third-order valence-electron chi connectivity index (χ3n) is 3.01. The predicted octanol–water partition coefficient (Wildman–Crippen LogP) is 5.04. The topological polar surface area (TPSA) is 29.5 Å². The first-order valence-electron chi connectivity index (χ1n) is 6.32. The lowest BCUT2D eigenvalue weighted by molar-refractivity contribution is 0.190. The molecule has 2 aromatic carbocycles. The Morgan fingerprint density at radius 2 is 2.00 bits per heavy atom. The van der Waals surface area contributed by atoms with Gasteiger partial charge < -0.3 is 9.84 Å². The molecule has 20 heavy (non-hydrogen) atoms. The van der Waals surface area contributed by atoms with Gasteiger partial charge in [-0.2, -0.15) is 0 Å². The van der Waals surface area contributed by atoms with E-state index in [9.17, 15) is 5.11 Å². The zero-order chi connectivity index (χ0) is 14.7. The molecule has 0 heterocycles. The average molecular weight is 356 g/mol. The molecule has 0 fully saturated rings. The number of rotatable bonds is 4. The molecule has 0 aromatic heterocycles. The van der Waals surface area contributed by atoms with Crippen molar-refractivity contribution in [1.82, 2.24) is 0 Å². The van der Waals surface area contributed by atoms with Crippen LogP contribution in [-0.2, 0) is 6.61 Å². The van der Waals surface area contributed by atoms with Crippen molar-refractivity contribution < 1.29 is 9.84 Å². The monoisotopic (exact) mass is 354 g/mol. The molecule has 2 aromatic rings. The second kappa shape index (κ2) is 6.61. The van der Waals surface area contributed by atoms with E-state index in [0.29, 0.717) is 17.4 Å². The first-order valence-corrected chi connectivity index (χ1v) is 7.50. The highest BCUT2D eigenvalue weighted by molar-refractivity contribution is 9.10. The Balaban J connectivity index is 2.18. The quantitative estimate of drug-likeness (QED) is 0.832. The van der Waals surface area contributed by atoms with Crippen LogP contribution in [0.5, 0.6) is 5.75 Å². The van der Waals surface area contributed by atoms with Gasteiger partial charge in [0.05, 0.1) is 6.10 Å². The van der Waals surface area contributed by atoms with Crippen LogP contribution >= 0.6 is 27.5 Å². The SMILES string of the molecule is Cc1ccc(COc2ccc(Br)cc2C(C)O)c(Cl)c1. The van der Waals surface area contributed by atoms with Crippen LogP contribution < -0.4 is 4.74 Å². The average Bonchev–Trinajstić information content (AvgIpc) is 2.38. The number of ether oxygens (including phenoxy) is 1. The minimum atomic E-state index is -0.587. The van der Waals surface area contributed by atoms with Crippen molar-refractivity contribution in [1.29, 1.82) is 0 Å². The van der Waals surface area contributed by atoms with Crippen LogP contribution in [0.4, 0.5) is 0 Å². The van der Waals surface area contributed by atoms with E-state index in [0.717, 1.165) is 21.2 Å². The Kier molecular flexibility index (Phi) is 5.08. The number of aliphatic hydroxyl groups excluding tert-OH is 1. The fourth-order valence-electron chi connectivity index (χ4n) is 1.90. The van der Waals surface area contributed by atoms with Crippen molar-refractivity contribution in [2.75, 3.05) is 0 Å². The van der Waals surface area contributed by atoms with Crippen molar-refractivity contribution in [2.24, 2.45) is 0 Å². The van der Waals surface area contributed by atoms with Gasteiger partial charge in [-0.15, -0.1) is 0 Å². The summed E-state index contributed by atoms with van der Waals surface area (Å²) >= 11 is 9.58. The van der Waals surface area contributed by atoms with E-state index < -0.39 is 6.10 Å². The van der Waals surface area contributed by atoms with E-state index in [2.05, 4.69) is 15.9 Å². The van der Waals surface area contributed by atoms with Crippen molar-refractivity contribution in [2.45, 2.75) is 26.6 Å². The van der Waals surface area contributed by atoms with Crippen LogP contribution in [0.25, 0.3) is 0 Å². The molecule has 0 aliphatic heterocycles. The molecule has 0 spiro atoms. The van der Waals surface area contributed by atoms with Gasteiger partial charge in [0, 0.05) is 20.6 Å². The van der Waals surface area contributed by atoms with E-state index in [1.807, 2.05) is 43.3 Å². The summed E-state index contributed by atoms with van der Waals surface area (Å²) in [5.41, 5.74) is 2.80. The highest BCUT2D eigenvalue weighted by atomic mass is 79.9. The van der Waals surface area contributed by atoms with E-state index in [1.54, 1.807) is 6.92 Å². The van der Waals surface area contributed by atoms with Gasteiger partial charge in [0.1, 0.15) is 12.4 Å². The third kappa shape index (κ3) is 3.75. The predicted molar refractivity (Wildman–Crippen MR) is 85.3 cm³/mol. The molecule has 106 valence electrons. The molecule has 0 aliphatic carbocycles. The van der Waals surface area contributed by atoms with Crippen molar-refractivity contribution in [3.63, 3.8) is 0 Å². The largest absolute Gasteiger partial charge is 0.488 e. The van der Waals surface area contributed by atoms with E-state index in [1.165, 1.54) is 0 Å². The van der Waals surface area contributed by atoms with Crippen LogP contribution in [0.15, 0.2) is 40.9 Å². The Hall–Kier alpha value is -1.03. The second-order valence-corrected chi connectivity index (χ2v) is 6.06. The molecule has 1 unspecified atom stereocenters. The first-order chi connectivity index (χ1) is 9.47. The number of benzene rings is 2. The molecular formula is C16H16BrClO2. The number of hydrogen-bond acceptors (Lipinski definition) is 2. The molecule has 0 bridgehead atoms. The zero-order valence-corrected chi connectivity index (χ0v) is 13.7. The molecule has 0 aliphatic rings. The smallest absolute Gasteiger partial charge is 0.125 e. The Morgan fingerprint density at radius 3 is 2.65 bits per heavy atom. The minimum absolute atomic E-state index is 0.375. The summed E-state index contributed by atoms with van der Waals surface area (Å²) in [5, 5.41) is 10.5. The van der Waals surface area contributed by atoms with Gasteiger partial charge in [-0.25, -0.2) is 0 Å². The number of aliphatic hydroxyl groups is 1. The van der Waals surface area contributed by atoms with Crippen LogP contribution in [0.2, 0.25) is 5.02 Å². The first kappa shape index (κ1) is 15.4. The second-order valence-electron chi connectivity index (χ2n) is 4.74. The van der Waals surface area contributed by atoms with Crippen LogP contribution in [0.3, 0.4) is 0 Å². The van der Waals surface area contributed by atoms with Crippen molar-refractivity contribution in [3.8, 4) is 5.75 Å². The van der Waals surface area contributed by atoms with E-state index in [-0.39, 0.29) is 0 Å². The maximum atomic E-state index is 9.79. The summed E-state index contributed by atoms with van der Waals surface area (Å²) < 4.78 is 6.71. The molecular weight excluding hydrogens is 340 g/mol. The van der Waals surface area contributed by atoms with Crippen LogP contribution in [0.1, 0.15) is 29.7 Å². The molecule has 0 saturated heterocycles. The van der Waals surface area contributed by atoms with Crippen LogP contribution in [-0.4, -0.2) is 5.11 Å². The standard InChI is InChI=1S/C16H16BrClO2/c1-10-3-4-12(15(18)7-10)9-20-16-6-5-13(17)8-14(16)11(2)19/h3-8,11,19H,9H2,1-2H3. The summed E-state index contributed by atoms with van der Waals surface area (Å²) in [4.78, 5) is 0. The zero-order valence-electron chi connectivity index (χ0n) is 11.4. The van der Waals surface area contributed by atoms with Gasteiger partial charge in [0.2, 0.25) is 0 Å². The lowest BCUT2D eigenvalue weighted by Gasteiger charge is -2.14. The van der Waals surface area contributed by atoms with E-state index in [4.69, 9.17) is 16.3 Å².